The number of aromatic nitrogens is 2. The first-order chi connectivity index (χ1) is 11.2. The Balaban J connectivity index is 2.08. The Morgan fingerprint density at radius 2 is 2.21 bits per heavy atom. The van der Waals surface area contributed by atoms with Crippen molar-refractivity contribution in [3.8, 4) is 0 Å². The van der Waals surface area contributed by atoms with Crippen molar-refractivity contribution in [3.63, 3.8) is 0 Å². The van der Waals surface area contributed by atoms with Gasteiger partial charge in [0.2, 0.25) is 5.91 Å². The highest BCUT2D eigenvalue weighted by Gasteiger charge is 2.38. The van der Waals surface area contributed by atoms with E-state index in [1.54, 1.807) is 27.0 Å². The average Bonchev–Trinajstić information content (AvgIpc) is 2.96. The van der Waals surface area contributed by atoms with Gasteiger partial charge in [0.05, 0.1) is 24.4 Å². The molecule has 2 rings (SSSR count). The summed E-state index contributed by atoms with van der Waals surface area (Å²) in [4.78, 5) is 24.6. The summed E-state index contributed by atoms with van der Waals surface area (Å²) in [6.45, 7) is 7.45. The van der Waals surface area contributed by atoms with Crippen molar-refractivity contribution in [3.05, 3.63) is 12.4 Å². The molecule has 134 valence electrons. The summed E-state index contributed by atoms with van der Waals surface area (Å²) in [5.41, 5.74) is 5.41. The van der Waals surface area contributed by atoms with Crippen molar-refractivity contribution < 1.29 is 14.3 Å². The van der Waals surface area contributed by atoms with Gasteiger partial charge in [-0.3, -0.25) is 9.48 Å². The second-order valence-electron chi connectivity index (χ2n) is 7.25. The van der Waals surface area contributed by atoms with E-state index in [0.29, 0.717) is 12.3 Å². The smallest absolute Gasteiger partial charge is 0.333 e. The number of carbonyl (C=O) groups excluding carboxylic acids is 2. The molecule has 7 heteroatoms. The molecule has 0 bridgehead atoms. The summed E-state index contributed by atoms with van der Waals surface area (Å²) in [6, 6.07) is 0. The van der Waals surface area contributed by atoms with E-state index in [0.717, 1.165) is 25.7 Å². The second-order valence-corrected chi connectivity index (χ2v) is 7.25. The Morgan fingerprint density at radius 3 is 2.83 bits per heavy atom. The van der Waals surface area contributed by atoms with Crippen molar-refractivity contribution >= 4 is 17.6 Å². The molecule has 7 nitrogen and oxygen atoms in total. The molecule has 2 unspecified atom stereocenters. The Kier molecular flexibility index (Phi) is 5.32. The van der Waals surface area contributed by atoms with Crippen LogP contribution < -0.4 is 11.1 Å². The summed E-state index contributed by atoms with van der Waals surface area (Å²) in [5, 5.41) is 7.07. The lowest BCUT2D eigenvalue weighted by Gasteiger charge is -2.37. The number of hydrogen-bond acceptors (Lipinski definition) is 5. The summed E-state index contributed by atoms with van der Waals surface area (Å²) in [6.07, 6.45) is 6.89. The van der Waals surface area contributed by atoms with Crippen molar-refractivity contribution in [2.24, 2.45) is 11.7 Å². The van der Waals surface area contributed by atoms with E-state index in [4.69, 9.17) is 10.5 Å². The molecule has 0 spiro atoms. The van der Waals surface area contributed by atoms with E-state index >= 15 is 0 Å². The topological polar surface area (TPSA) is 99.2 Å². The highest BCUT2D eigenvalue weighted by molar-refractivity contribution is 5.93. The van der Waals surface area contributed by atoms with Gasteiger partial charge < -0.3 is 15.8 Å². The predicted molar refractivity (Wildman–Crippen MR) is 91.4 cm³/mol. The maximum Gasteiger partial charge on any atom is 0.333 e. The van der Waals surface area contributed by atoms with Crippen LogP contribution in [0, 0.1) is 5.92 Å². The Morgan fingerprint density at radius 1 is 1.50 bits per heavy atom. The summed E-state index contributed by atoms with van der Waals surface area (Å²) < 4.78 is 6.57. The number of esters is 1. The molecule has 0 saturated heterocycles. The summed E-state index contributed by atoms with van der Waals surface area (Å²) in [5.74, 6) is -0.673. The molecule has 1 aromatic heterocycles. The van der Waals surface area contributed by atoms with Crippen LogP contribution in [0.1, 0.15) is 53.4 Å². The molecule has 1 aliphatic rings. The van der Waals surface area contributed by atoms with E-state index in [2.05, 4.69) is 10.4 Å². The lowest BCUT2D eigenvalue weighted by molar-refractivity contribution is -0.152. The maximum atomic E-state index is 12.6. The van der Waals surface area contributed by atoms with Crippen LogP contribution in [-0.2, 0) is 19.9 Å². The average molecular weight is 336 g/mol. The summed E-state index contributed by atoms with van der Waals surface area (Å²) in [7, 11) is 0. The fourth-order valence-corrected chi connectivity index (χ4v) is 3.11. The Hall–Kier alpha value is -1.89. The lowest BCUT2D eigenvalue weighted by atomic mass is 9.74. The van der Waals surface area contributed by atoms with Crippen LogP contribution in [-0.4, -0.2) is 33.8 Å². The number of nitrogens with zero attached hydrogens (tertiary/aromatic N) is 2. The third kappa shape index (κ3) is 3.77. The Bertz CT molecular complexity index is 607. The molecule has 1 heterocycles. The van der Waals surface area contributed by atoms with Gasteiger partial charge in [0.15, 0.2) is 5.54 Å². The Labute approximate surface area is 142 Å². The molecule has 0 radical (unpaired) electrons. The first kappa shape index (κ1) is 18.4. The molecule has 1 saturated carbocycles. The monoisotopic (exact) mass is 336 g/mol. The fraction of sp³-hybridized carbons (Fsp3) is 0.706. The van der Waals surface area contributed by atoms with Crippen LogP contribution >= 0.6 is 0 Å². The zero-order chi connectivity index (χ0) is 18.0. The van der Waals surface area contributed by atoms with Crippen LogP contribution in [0.4, 0.5) is 5.69 Å². The molecular weight excluding hydrogens is 308 g/mol. The van der Waals surface area contributed by atoms with E-state index in [-0.39, 0.29) is 17.8 Å². The number of hydrogen-bond donors (Lipinski definition) is 2. The van der Waals surface area contributed by atoms with Gasteiger partial charge in [0, 0.05) is 11.7 Å². The first-order valence-corrected chi connectivity index (χ1v) is 8.50. The molecular formula is C17H28N4O3. The normalized spacial score (nSPS) is 24.5. The number of nitrogens with one attached hydrogen (secondary N) is 1. The second kappa shape index (κ2) is 6.93. The number of carbonyl (C=O) groups is 2. The molecule has 24 heavy (non-hydrogen) atoms. The number of amides is 1. The minimum absolute atomic E-state index is 0.0896. The minimum Gasteiger partial charge on any atom is -0.464 e. The molecule has 0 aliphatic heterocycles. The number of nitrogens with two attached hydrogens (primary N) is 1. The zero-order valence-electron chi connectivity index (χ0n) is 15.0. The van der Waals surface area contributed by atoms with Crippen LogP contribution in [0.15, 0.2) is 12.4 Å². The highest BCUT2D eigenvalue weighted by Crippen LogP contribution is 2.32. The van der Waals surface area contributed by atoms with Gasteiger partial charge in [-0.25, -0.2) is 4.79 Å². The van der Waals surface area contributed by atoms with Gasteiger partial charge in [-0.2, -0.15) is 5.10 Å². The van der Waals surface area contributed by atoms with Gasteiger partial charge >= 0.3 is 5.97 Å². The van der Waals surface area contributed by atoms with E-state index in [9.17, 15) is 9.59 Å². The van der Waals surface area contributed by atoms with Crippen LogP contribution in [0.25, 0.3) is 0 Å². The third-order valence-corrected chi connectivity index (χ3v) is 4.77. The molecule has 1 amide bonds. The zero-order valence-corrected chi connectivity index (χ0v) is 15.0. The molecule has 1 aromatic rings. The number of ether oxygens (including phenoxy) is 1. The fourth-order valence-electron chi connectivity index (χ4n) is 3.11. The van der Waals surface area contributed by atoms with Crippen LogP contribution in [0.2, 0.25) is 0 Å². The van der Waals surface area contributed by atoms with Crippen LogP contribution in [0.3, 0.4) is 0 Å². The van der Waals surface area contributed by atoms with Gasteiger partial charge in [-0.05, 0) is 40.5 Å². The molecule has 1 fully saturated rings. The van der Waals surface area contributed by atoms with Gasteiger partial charge in [0.1, 0.15) is 0 Å². The quantitative estimate of drug-likeness (QED) is 0.802. The third-order valence-electron chi connectivity index (χ3n) is 4.77. The van der Waals surface area contributed by atoms with Crippen molar-refractivity contribution in [2.75, 3.05) is 11.9 Å². The minimum atomic E-state index is -0.938. The van der Waals surface area contributed by atoms with Crippen molar-refractivity contribution in [1.82, 2.24) is 9.78 Å². The van der Waals surface area contributed by atoms with Crippen molar-refractivity contribution in [1.29, 1.82) is 0 Å². The SMILES string of the molecule is CCOC(=O)C(C)(C)n1cc(NC(=O)C2CCCCC2(C)N)cn1. The molecule has 0 aromatic carbocycles. The molecule has 2 atom stereocenters. The van der Waals surface area contributed by atoms with Crippen LogP contribution in [0.5, 0.6) is 0 Å². The molecule has 3 N–H and O–H groups in total. The lowest BCUT2D eigenvalue weighted by Crippen LogP contribution is -2.51. The van der Waals surface area contributed by atoms with E-state index in [1.165, 1.54) is 10.9 Å². The largest absolute Gasteiger partial charge is 0.464 e. The molecule has 1 aliphatic carbocycles. The van der Waals surface area contributed by atoms with Gasteiger partial charge in [-0.1, -0.05) is 12.8 Å². The summed E-state index contributed by atoms with van der Waals surface area (Å²) >= 11 is 0. The standard InChI is InChI=1S/C17H28N4O3/c1-5-24-15(23)16(2,3)21-11-12(10-19-21)20-14(22)13-8-6-7-9-17(13,4)18/h10-11,13H,5-9,18H2,1-4H3,(H,20,22). The number of anilines is 1. The van der Waals surface area contributed by atoms with E-state index < -0.39 is 11.1 Å². The first-order valence-electron chi connectivity index (χ1n) is 8.50. The maximum absolute atomic E-state index is 12.6. The van der Waals surface area contributed by atoms with Gasteiger partial charge in [0.25, 0.3) is 0 Å². The van der Waals surface area contributed by atoms with Crippen molar-refractivity contribution in [2.45, 2.75) is 64.5 Å². The number of rotatable bonds is 5. The highest BCUT2D eigenvalue weighted by atomic mass is 16.5. The van der Waals surface area contributed by atoms with Gasteiger partial charge in [-0.15, -0.1) is 0 Å². The predicted octanol–water partition coefficient (Wildman–Crippen LogP) is 2.03. The van der Waals surface area contributed by atoms with E-state index in [1.807, 2.05) is 6.92 Å².